The Morgan fingerprint density at radius 3 is 2.43 bits per heavy atom. The minimum Gasteiger partial charge on any atom is -0.328 e. The molecule has 0 saturated carbocycles. The van der Waals surface area contributed by atoms with E-state index in [1.165, 1.54) is 43.3 Å². The predicted molar refractivity (Wildman–Crippen MR) is 63.3 cm³/mol. The maximum atomic E-state index is 2.48. The van der Waals surface area contributed by atoms with E-state index in [0.29, 0.717) is 5.41 Å². The standard InChI is InChI=1S/C13H28N/c1-6-8-12-9-13(3,7-2)11-14(4,5)10-12/h12H,6-11H2,1-5H3/q+1. The van der Waals surface area contributed by atoms with Crippen LogP contribution < -0.4 is 0 Å². The normalized spacial score (nSPS) is 37.1. The van der Waals surface area contributed by atoms with Gasteiger partial charge in [-0.2, -0.15) is 0 Å². The highest BCUT2D eigenvalue weighted by Crippen LogP contribution is 2.39. The number of piperidine rings is 1. The van der Waals surface area contributed by atoms with Crippen LogP contribution >= 0.6 is 0 Å². The highest BCUT2D eigenvalue weighted by atomic mass is 15.3. The lowest BCUT2D eigenvalue weighted by Crippen LogP contribution is -2.54. The summed E-state index contributed by atoms with van der Waals surface area (Å²) in [6.45, 7) is 9.91. The molecule has 0 bridgehead atoms. The first-order chi connectivity index (χ1) is 6.41. The zero-order chi connectivity index (χ0) is 10.8. The molecule has 1 fully saturated rings. The Kier molecular flexibility index (Phi) is 3.63. The maximum Gasteiger partial charge on any atom is 0.0837 e. The molecule has 1 heteroatoms. The van der Waals surface area contributed by atoms with Crippen molar-refractivity contribution in [1.82, 2.24) is 0 Å². The summed E-state index contributed by atoms with van der Waals surface area (Å²) in [6.07, 6.45) is 5.58. The average molecular weight is 198 g/mol. The van der Waals surface area contributed by atoms with Crippen molar-refractivity contribution in [2.45, 2.75) is 46.5 Å². The van der Waals surface area contributed by atoms with Crippen LogP contribution in [0.2, 0.25) is 0 Å². The van der Waals surface area contributed by atoms with E-state index in [1.807, 2.05) is 0 Å². The second kappa shape index (κ2) is 4.22. The summed E-state index contributed by atoms with van der Waals surface area (Å²) in [7, 11) is 4.80. The first kappa shape index (κ1) is 12.0. The van der Waals surface area contributed by atoms with Crippen molar-refractivity contribution in [3.05, 3.63) is 0 Å². The SMILES string of the molecule is CCCC1CC(C)(CC)C[N+](C)(C)C1. The molecule has 1 nitrogen and oxygen atoms in total. The van der Waals surface area contributed by atoms with Crippen LogP contribution in [0, 0.1) is 11.3 Å². The van der Waals surface area contributed by atoms with Gasteiger partial charge in [-0.3, -0.25) is 0 Å². The van der Waals surface area contributed by atoms with Gasteiger partial charge in [0.2, 0.25) is 0 Å². The van der Waals surface area contributed by atoms with Gasteiger partial charge in [0, 0.05) is 11.3 Å². The van der Waals surface area contributed by atoms with Crippen LogP contribution in [0.25, 0.3) is 0 Å². The number of hydrogen-bond donors (Lipinski definition) is 0. The fraction of sp³-hybridized carbons (Fsp3) is 1.00. The summed E-state index contributed by atoms with van der Waals surface area (Å²) in [5, 5.41) is 0. The van der Waals surface area contributed by atoms with E-state index in [1.54, 1.807) is 0 Å². The molecule has 1 aliphatic rings. The van der Waals surface area contributed by atoms with Crippen LogP contribution in [-0.2, 0) is 0 Å². The van der Waals surface area contributed by atoms with Gasteiger partial charge in [0.1, 0.15) is 0 Å². The Morgan fingerprint density at radius 2 is 1.93 bits per heavy atom. The van der Waals surface area contributed by atoms with Crippen molar-refractivity contribution in [1.29, 1.82) is 0 Å². The molecule has 14 heavy (non-hydrogen) atoms. The minimum absolute atomic E-state index is 0.599. The molecule has 0 aliphatic carbocycles. The summed E-state index contributed by atoms with van der Waals surface area (Å²) < 4.78 is 1.23. The quantitative estimate of drug-likeness (QED) is 0.610. The van der Waals surface area contributed by atoms with Gasteiger partial charge < -0.3 is 4.48 Å². The highest BCUT2D eigenvalue weighted by Gasteiger charge is 2.40. The summed E-state index contributed by atoms with van der Waals surface area (Å²) in [4.78, 5) is 0. The van der Waals surface area contributed by atoms with Crippen molar-refractivity contribution >= 4 is 0 Å². The van der Waals surface area contributed by atoms with Gasteiger partial charge in [-0.05, 0) is 19.3 Å². The number of rotatable bonds is 3. The monoisotopic (exact) mass is 198 g/mol. The molecule has 0 aromatic rings. The van der Waals surface area contributed by atoms with Crippen LogP contribution in [0.5, 0.6) is 0 Å². The number of quaternary nitrogens is 1. The molecule has 0 amide bonds. The first-order valence-electron chi connectivity index (χ1n) is 6.23. The molecule has 0 radical (unpaired) electrons. The number of likely N-dealkylation sites (tertiary alicyclic amines) is 1. The Balaban J connectivity index is 2.67. The van der Waals surface area contributed by atoms with Gasteiger partial charge >= 0.3 is 0 Å². The molecule has 0 N–H and O–H groups in total. The van der Waals surface area contributed by atoms with Crippen molar-refractivity contribution in [2.75, 3.05) is 27.2 Å². The van der Waals surface area contributed by atoms with Crippen LogP contribution in [0.1, 0.15) is 46.5 Å². The summed E-state index contributed by atoms with van der Waals surface area (Å²) >= 11 is 0. The lowest BCUT2D eigenvalue weighted by atomic mass is 9.73. The Bertz CT molecular complexity index is 186. The topological polar surface area (TPSA) is 0 Å². The van der Waals surface area contributed by atoms with Gasteiger partial charge in [0.05, 0.1) is 27.2 Å². The Morgan fingerprint density at radius 1 is 1.29 bits per heavy atom. The Hall–Kier alpha value is -0.0400. The van der Waals surface area contributed by atoms with E-state index in [2.05, 4.69) is 34.9 Å². The van der Waals surface area contributed by atoms with Crippen LogP contribution in [0.15, 0.2) is 0 Å². The highest BCUT2D eigenvalue weighted by molar-refractivity contribution is 4.80. The van der Waals surface area contributed by atoms with E-state index < -0.39 is 0 Å². The van der Waals surface area contributed by atoms with Crippen molar-refractivity contribution < 1.29 is 4.48 Å². The van der Waals surface area contributed by atoms with Crippen molar-refractivity contribution in [3.63, 3.8) is 0 Å². The fourth-order valence-corrected chi connectivity index (χ4v) is 3.48. The lowest BCUT2D eigenvalue weighted by Gasteiger charge is -2.47. The predicted octanol–water partition coefficient (Wildman–Crippen LogP) is 3.30. The second-order valence-corrected chi connectivity index (χ2v) is 6.30. The number of nitrogens with zero attached hydrogens (tertiary/aromatic N) is 1. The van der Waals surface area contributed by atoms with E-state index in [4.69, 9.17) is 0 Å². The maximum absolute atomic E-state index is 2.48. The van der Waals surface area contributed by atoms with Gasteiger partial charge in [-0.1, -0.05) is 27.2 Å². The molecule has 1 saturated heterocycles. The van der Waals surface area contributed by atoms with Crippen LogP contribution in [0.3, 0.4) is 0 Å². The molecule has 0 spiro atoms. The summed E-state index contributed by atoms with van der Waals surface area (Å²) in [5.74, 6) is 0.966. The molecule has 1 rings (SSSR count). The van der Waals surface area contributed by atoms with E-state index in [0.717, 1.165) is 5.92 Å². The van der Waals surface area contributed by atoms with E-state index in [9.17, 15) is 0 Å². The molecule has 2 atom stereocenters. The van der Waals surface area contributed by atoms with E-state index >= 15 is 0 Å². The average Bonchev–Trinajstić information content (AvgIpc) is 2.01. The third-order valence-corrected chi connectivity index (χ3v) is 3.89. The molecule has 0 aromatic carbocycles. The van der Waals surface area contributed by atoms with Crippen molar-refractivity contribution in [3.8, 4) is 0 Å². The zero-order valence-corrected chi connectivity index (χ0v) is 10.8. The fourth-order valence-electron chi connectivity index (χ4n) is 3.48. The van der Waals surface area contributed by atoms with Gasteiger partial charge in [-0.15, -0.1) is 0 Å². The third kappa shape index (κ3) is 2.98. The largest absolute Gasteiger partial charge is 0.328 e. The van der Waals surface area contributed by atoms with Gasteiger partial charge in [0.25, 0.3) is 0 Å². The molecule has 1 aliphatic heterocycles. The third-order valence-electron chi connectivity index (χ3n) is 3.89. The lowest BCUT2D eigenvalue weighted by molar-refractivity contribution is -0.906. The molecule has 2 unspecified atom stereocenters. The second-order valence-electron chi connectivity index (χ2n) is 6.30. The molecular formula is C13H28N+. The summed E-state index contributed by atoms with van der Waals surface area (Å²) in [5.41, 5.74) is 0.599. The Labute approximate surface area is 90.1 Å². The summed E-state index contributed by atoms with van der Waals surface area (Å²) in [6, 6.07) is 0. The van der Waals surface area contributed by atoms with Crippen LogP contribution in [-0.4, -0.2) is 31.7 Å². The van der Waals surface area contributed by atoms with Gasteiger partial charge in [-0.25, -0.2) is 0 Å². The molecular weight excluding hydrogens is 170 g/mol. The zero-order valence-electron chi connectivity index (χ0n) is 10.8. The smallest absolute Gasteiger partial charge is 0.0837 e. The molecule has 0 aromatic heterocycles. The van der Waals surface area contributed by atoms with Gasteiger partial charge in [0.15, 0.2) is 0 Å². The molecule has 1 heterocycles. The van der Waals surface area contributed by atoms with E-state index in [-0.39, 0.29) is 0 Å². The number of hydrogen-bond acceptors (Lipinski definition) is 0. The first-order valence-corrected chi connectivity index (χ1v) is 6.23. The molecule has 84 valence electrons. The van der Waals surface area contributed by atoms with Crippen LogP contribution in [0.4, 0.5) is 0 Å². The minimum atomic E-state index is 0.599. The van der Waals surface area contributed by atoms with Crippen molar-refractivity contribution in [2.24, 2.45) is 11.3 Å².